The van der Waals surface area contributed by atoms with E-state index in [0.717, 1.165) is 18.6 Å². The molecule has 3 heteroatoms. The Morgan fingerprint density at radius 1 is 1.11 bits per heavy atom. The van der Waals surface area contributed by atoms with Crippen LogP contribution in [0.3, 0.4) is 0 Å². The van der Waals surface area contributed by atoms with Crippen LogP contribution in [0.4, 0.5) is 0 Å². The largest absolute Gasteiger partial charge is 0.306 e. The van der Waals surface area contributed by atoms with Gasteiger partial charge >= 0.3 is 0 Å². The lowest BCUT2D eigenvalue weighted by Gasteiger charge is -2.36. The number of para-hydroxylation sites is 1. The van der Waals surface area contributed by atoms with Crippen molar-refractivity contribution in [3.05, 3.63) is 48.1 Å². The van der Waals surface area contributed by atoms with E-state index in [4.69, 9.17) is 4.98 Å². The molecule has 0 spiro atoms. The molecule has 0 saturated carbocycles. The van der Waals surface area contributed by atoms with E-state index in [1.807, 2.05) is 0 Å². The van der Waals surface area contributed by atoms with E-state index in [2.05, 4.69) is 46.6 Å². The summed E-state index contributed by atoms with van der Waals surface area (Å²) in [5, 5.41) is 4.85. The Balaban J connectivity index is 1.72. The zero-order valence-electron chi connectivity index (χ0n) is 11.0. The smallest absolute Gasteiger partial charge is 0.0706 e. The molecule has 2 fully saturated rings. The second kappa shape index (κ2) is 4.58. The molecule has 4 rings (SSSR count). The minimum Gasteiger partial charge on any atom is -0.306 e. The molecule has 1 unspecified atom stereocenters. The second-order valence-corrected chi connectivity index (χ2v) is 5.40. The van der Waals surface area contributed by atoms with Crippen LogP contribution < -0.4 is 5.32 Å². The molecule has 2 aliphatic rings. The summed E-state index contributed by atoms with van der Waals surface area (Å²) in [5.41, 5.74) is 2.26. The number of hydrogen-bond acceptors (Lipinski definition) is 3. The molecule has 1 N–H and O–H groups in total. The molecule has 1 aromatic carbocycles. The highest BCUT2D eigenvalue weighted by Gasteiger charge is 2.36. The van der Waals surface area contributed by atoms with E-state index in [9.17, 15) is 0 Å². The number of aromatic nitrogens is 1. The number of nitrogens with zero attached hydrogens (tertiary/aromatic N) is 2. The first-order chi connectivity index (χ1) is 9.42. The second-order valence-electron chi connectivity index (χ2n) is 5.40. The van der Waals surface area contributed by atoms with E-state index in [0.29, 0.717) is 6.04 Å². The number of nitrogens with one attached hydrogen (secondary N) is 1. The van der Waals surface area contributed by atoms with Gasteiger partial charge in [-0.2, -0.15) is 0 Å². The summed E-state index contributed by atoms with van der Waals surface area (Å²) in [7, 11) is 0. The summed E-state index contributed by atoms with van der Waals surface area (Å²) in [6.07, 6.45) is 2.51. The quantitative estimate of drug-likeness (QED) is 0.845. The van der Waals surface area contributed by atoms with Gasteiger partial charge in [-0.15, -0.1) is 0 Å². The molecule has 2 saturated heterocycles. The van der Waals surface area contributed by atoms with E-state index < -0.39 is 0 Å². The van der Waals surface area contributed by atoms with Crippen molar-refractivity contribution in [3.8, 4) is 0 Å². The molecule has 2 aliphatic heterocycles. The monoisotopic (exact) mass is 252 g/mol. The highest BCUT2D eigenvalue weighted by atomic mass is 15.3. The minimum atomic E-state index is 0.320. The van der Waals surface area contributed by atoms with Gasteiger partial charge in [0.25, 0.3) is 0 Å². The fraction of sp³-hybridized carbons (Fsp3) is 0.375. The third-order valence-electron chi connectivity index (χ3n) is 4.25. The van der Waals surface area contributed by atoms with Crippen molar-refractivity contribution in [1.82, 2.24) is 15.2 Å². The molecule has 1 atom stereocenters. The Hall–Kier alpha value is -1.45. The van der Waals surface area contributed by atoms with Gasteiger partial charge in [0.1, 0.15) is 0 Å². The zero-order valence-corrected chi connectivity index (χ0v) is 11.0. The van der Waals surface area contributed by atoms with E-state index in [1.54, 1.807) is 0 Å². The van der Waals surface area contributed by atoms with Crippen molar-refractivity contribution in [3.63, 3.8) is 0 Å². The maximum atomic E-state index is 4.85. The van der Waals surface area contributed by atoms with Crippen LogP contribution in [0, 0.1) is 6.04 Å². The topological polar surface area (TPSA) is 28.2 Å². The molecule has 1 radical (unpaired) electrons. The number of pyridine rings is 1. The predicted molar refractivity (Wildman–Crippen MR) is 76.5 cm³/mol. The van der Waals surface area contributed by atoms with Crippen LogP contribution in [0.25, 0.3) is 10.9 Å². The Bertz CT molecular complexity index is 595. The summed E-state index contributed by atoms with van der Waals surface area (Å²) >= 11 is 0. The van der Waals surface area contributed by atoms with E-state index >= 15 is 0 Å². The zero-order chi connectivity index (χ0) is 12.7. The maximum Gasteiger partial charge on any atom is 0.0706 e. The highest BCUT2D eigenvalue weighted by Crippen LogP contribution is 2.37. The third kappa shape index (κ3) is 1.94. The molecule has 97 valence electrons. The molecule has 3 nitrogen and oxygen atoms in total. The SMILES string of the molecule is c1ccc2nc(C3NCCN4CCC[C]34)ccc2c1. The summed E-state index contributed by atoms with van der Waals surface area (Å²) in [4.78, 5) is 7.39. The Kier molecular flexibility index (Phi) is 2.75. The fourth-order valence-electron chi connectivity index (χ4n) is 3.31. The first kappa shape index (κ1) is 11.4. The van der Waals surface area contributed by atoms with Crippen molar-refractivity contribution in [2.45, 2.75) is 18.9 Å². The first-order valence-corrected chi connectivity index (χ1v) is 7.11. The number of piperazine rings is 1. The van der Waals surface area contributed by atoms with Gasteiger partial charge in [-0.05, 0) is 31.5 Å². The van der Waals surface area contributed by atoms with Gasteiger partial charge in [-0.3, -0.25) is 9.88 Å². The van der Waals surface area contributed by atoms with Crippen LogP contribution in [0.5, 0.6) is 0 Å². The van der Waals surface area contributed by atoms with Gasteiger partial charge in [-0.1, -0.05) is 24.3 Å². The van der Waals surface area contributed by atoms with Crippen LogP contribution in [0.2, 0.25) is 0 Å². The minimum absolute atomic E-state index is 0.320. The lowest BCUT2D eigenvalue weighted by Crippen LogP contribution is -2.45. The maximum absolute atomic E-state index is 4.85. The highest BCUT2D eigenvalue weighted by molar-refractivity contribution is 5.78. The molecular formula is C16H18N3. The Morgan fingerprint density at radius 2 is 2.05 bits per heavy atom. The van der Waals surface area contributed by atoms with Gasteiger partial charge in [0.2, 0.25) is 0 Å². The Labute approximate surface area is 113 Å². The first-order valence-electron chi connectivity index (χ1n) is 7.11. The van der Waals surface area contributed by atoms with E-state index in [-0.39, 0.29) is 0 Å². The lowest BCUT2D eigenvalue weighted by molar-refractivity contribution is 0.241. The van der Waals surface area contributed by atoms with Crippen LogP contribution in [0.15, 0.2) is 36.4 Å². The van der Waals surface area contributed by atoms with Gasteiger partial charge in [0.05, 0.1) is 23.3 Å². The fourth-order valence-corrected chi connectivity index (χ4v) is 3.31. The average Bonchev–Trinajstić information content (AvgIpc) is 2.95. The van der Waals surface area contributed by atoms with Crippen LogP contribution in [0.1, 0.15) is 24.6 Å². The number of rotatable bonds is 1. The van der Waals surface area contributed by atoms with Crippen LogP contribution >= 0.6 is 0 Å². The standard InChI is InChI=1S/C16H18N3/c1-2-5-13-12(4-1)7-8-14(18-13)16-15-6-3-10-19(15)11-9-17-16/h1-2,4-5,7-8,16-17H,3,6,9-11H2. The molecule has 2 aromatic rings. The molecule has 3 heterocycles. The summed E-state index contributed by atoms with van der Waals surface area (Å²) < 4.78 is 0. The molecule has 19 heavy (non-hydrogen) atoms. The number of hydrogen-bond donors (Lipinski definition) is 1. The van der Waals surface area contributed by atoms with Crippen LogP contribution in [-0.2, 0) is 0 Å². The van der Waals surface area contributed by atoms with E-state index in [1.165, 1.54) is 36.5 Å². The van der Waals surface area contributed by atoms with Gasteiger partial charge in [-0.25, -0.2) is 0 Å². The summed E-state index contributed by atoms with van der Waals surface area (Å²) in [5.74, 6) is 0. The van der Waals surface area contributed by atoms with Crippen molar-refractivity contribution in [2.24, 2.45) is 0 Å². The normalized spacial score (nSPS) is 24.7. The average molecular weight is 252 g/mol. The predicted octanol–water partition coefficient (Wildman–Crippen LogP) is 2.51. The van der Waals surface area contributed by atoms with Crippen molar-refractivity contribution in [2.75, 3.05) is 19.6 Å². The summed E-state index contributed by atoms with van der Waals surface area (Å²) in [6.45, 7) is 3.43. The molecule has 1 aromatic heterocycles. The van der Waals surface area contributed by atoms with Crippen molar-refractivity contribution in [1.29, 1.82) is 0 Å². The Morgan fingerprint density at radius 3 is 3.05 bits per heavy atom. The molecule has 0 bridgehead atoms. The molecule has 0 aliphatic carbocycles. The molecule has 0 amide bonds. The molecular weight excluding hydrogens is 234 g/mol. The van der Waals surface area contributed by atoms with Crippen molar-refractivity contribution < 1.29 is 0 Å². The number of benzene rings is 1. The van der Waals surface area contributed by atoms with Gasteiger partial charge in [0.15, 0.2) is 0 Å². The lowest BCUT2D eigenvalue weighted by atomic mass is 9.99. The third-order valence-corrected chi connectivity index (χ3v) is 4.25. The van der Waals surface area contributed by atoms with Gasteiger partial charge < -0.3 is 5.32 Å². The van der Waals surface area contributed by atoms with Crippen molar-refractivity contribution >= 4 is 10.9 Å². The van der Waals surface area contributed by atoms with Gasteiger partial charge in [0, 0.05) is 18.5 Å². The van der Waals surface area contributed by atoms with Crippen LogP contribution in [-0.4, -0.2) is 29.5 Å². The summed E-state index contributed by atoms with van der Waals surface area (Å²) in [6, 6.07) is 14.6. The number of fused-ring (bicyclic) bond motifs is 2.